The van der Waals surface area contributed by atoms with Gasteiger partial charge in [-0.2, -0.15) is 0 Å². The Morgan fingerprint density at radius 1 is 1.28 bits per heavy atom. The average molecular weight is 361 g/mol. The number of ether oxygens (including phenoxy) is 1. The molecule has 2 aromatic rings. The molecule has 1 saturated carbocycles. The van der Waals surface area contributed by atoms with E-state index in [1.807, 2.05) is 6.07 Å². The molecule has 2 aromatic heterocycles. The van der Waals surface area contributed by atoms with Crippen molar-refractivity contribution >= 4 is 34.6 Å². The third kappa shape index (κ3) is 2.72. The molecule has 3 aliphatic rings. The molecule has 2 saturated heterocycles. The Labute approximate surface area is 150 Å². The topological polar surface area (TPSA) is 69.0 Å². The van der Waals surface area contributed by atoms with E-state index in [9.17, 15) is 4.79 Å². The lowest BCUT2D eigenvalue weighted by molar-refractivity contribution is -0.117. The second kappa shape index (κ2) is 5.95. The number of fused-ring (bicyclic) bond motifs is 3. The molecule has 5 rings (SSSR count). The minimum absolute atomic E-state index is 0.0168. The quantitative estimate of drug-likeness (QED) is 0.844. The van der Waals surface area contributed by atoms with E-state index in [4.69, 9.17) is 16.3 Å². The molecule has 7 heteroatoms. The van der Waals surface area contributed by atoms with Crippen LogP contribution in [0.3, 0.4) is 0 Å². The van der Waals surface area contributed by atoms with Gasteiger partial charge in [0.15, 0.2) is 5.65 Å². The molecule has 0 spiro atoms. The van der Waals surface area contributed by atoms with Crippen LogP contribution in [0.1, 0.15) is 51.0 Å². The van der Waals surface area contributed by atoms with Gasteiger partial charge in [0.1, 0.15) is 10.7 Å². The minimum atomic E-state index is 0.0168. The minimum Gasteiger partial charge on any atom is -0.375 e. The number of carbonyl (C=O) groups excluding carboxylic acids is 1. The van der Waals surface area contributed by atoms with Crippen LogP contribution in [0.2, 0.25) is 5.15 Å². The first-order valence-corrected chi connectivity index (χ1v) is 9.55. The number of anilines is 1. The van der Waals surface area contributed by atoms with Crippen molar-refractivity contribution in [2.75, 3.05) is 5.32 Å². The average Bonchev–Trinajstić information content (AvgIpc) is 3.21. The largest absolute Gasteiger partial charge is 0.375 e. The highest BCUT2D eigenvalue weighted by atomic mass is 35.5. The predicted molar refractivity (Wildman–Crippen MR) is 94.7 cm³/mol. The van der Waals surface area contributed by atoms with Gasteiger partial charge in [-0.05, 0) is 56.6 Å². The second-order valence-electron chi connectivity index (χ2n) is 7.49. The highest BCUT2D eigenvalue weighted by Crippen LogP contribution is 2.41. The molecule has 1 N–H and O–H groups in total. The van der Waals surface area contributed by atoms with Gasteiger partial charge in [-0.1, -0.05) is 11.6 Å². The van der Waals surface area contributed by atoms with E-state index in [1.54, 1.807) is 6.07 Å². The number of nitrogens with zero attached hydrogens (tertiary/aromatic N) is 3. The molecular formula is C18H21ClN4O2. The van der Waals surface area contributed by atoms with Gasteiger partial charge in [0, 0.05) is 12.5 Å². The lowest BCUT2D eigenvalue weighted by Crippen LogP contribution is -2.26. The van der Waals surface area contributed by atoms with Crippen LogP contribution < -0.4 is 5.32 Å². The summed E-state index contributed by atoms with van der Waals surface area (Å²) >= 11 is 6.07. The normalized spacial score (nSPS) is 28.4. The Morgan fingerprint density at radius 3 is 2.84 bits per heavy atom. The monoisotopic (exact) mass is 360 g/mol. The van der Waals surface area contributed by atoms with Gasteiger partial charge in [0.25, 0.3) is 0 Å². The van der Waals surface area contributed by atoms with Crippen molar-refractivity contribution in [2.45, 2.75) is 63.2 Å². The van der Waals surface area contributed by atoms with Crippen molar-refractivity contribution in [1.82, 2.24) is 14.5 Å². The van der Waals surface area contributed by atoms with E-state index in [1.165, 1.54) is 6.42 Å². The van der Waals surface area contributed by atoms with Crippen molar-refractivity contribution < 1.29 is 9.53 Å². The zero-order valence-corrected chi connectivity index (χ0v) is 14.7. The number of carbonyl (C=O) groups is 1. The van der Waals surface area contributed by atoms with E-state index in [-0.39, 0.29) is 12.0 Å². The van der Waals surface area contributed by atoms with Crippen LogP contribution in [-0.2, 0) is 9.53 Å². The number of rotatable bonds is 4. The summed E-state index contributed by atoms with van der Waals surface area (Å²) in [5.41, 5.74) is 1.53. The smallest absolute Gasteiger partial charge is 0.227 e. The van der Waals surface area contributed by atoms with Gasteiger partial charge >= 0.3 is 0 Å². The third-order valence-electron chi connectivity index (χ3n) is 5.87. The summed E-state index contributed by atoms with van der Waals surface area (Å²) in [5, 5.41) is 3.48. The molecule has 1 amide bonds. The maximum atomic E-state index is 12.6. The number of hydrogen-bond donors (Lipinski definition) is 1. The number of nitrogens with one attached hydrogen (secondary N) is 1. The number of amides is 1. The zero-order chi connectivity index (χ0) is 17.0. The summed E-state index contributed by atoms with van der Waals surface area (Å²) in [5.74, 6) is 0.958. The van der Waals surface area contributed by atoms with Crippen LogP contribution >= 0.6 is 11.6 Å². The van der Waals surface area contributed by atoms with Crippen molar-refractivity contribution in [3.8, 4) is 0 Å². The fraction of sp³-hybridized carbons (Fsp3) is 0.611. The number of pyridine rings is 1. The number of imidazole rings is 1. The fourth-order valence-electron chi connectivity index (χ4n) is 4.40. The van der Waals surface area contributed by atoms with Gasteiger partial charge in [-0.3, -0.25) is 14.7 Å². The zero-order valence-electron chi connectivity index (χ0n) is 13.9. The number of aromatic nitrogens is 3. The molecule has 6 nitrogen and oxygen atoms in total. The number of halogens is 1. The highest BCUT2D eigenvalue weighted by Gasteiger charge is 2.41. The van der Waals surface area contributed by atoms with E-state index < -0.39 is 0 Å². The molecule has 3 atom stereocenters. The van der Waals surface area contributed by atoms with Crippen molar-refractivity contribution in [3.05, 3.63) is 17.3 Å². The summed E-state index contributed by atoms with van der Waals surface area (Å²) < 4.78 is 7.92. The van der Waals surface area contributed by atoms with Gasteiger partial charge in [0.05, 0.1) is 12.2 Å². The Morgan fingerprint density at radius 2 is 2.16 bits per heavy atom. The van der Waals surface area contributed by atoms with Crippen LogP contribution in [0, 0.1) is 5.92 Å². The predicted octanol–water partition coefficient (Wildman–Crippen LogP) is 3.71. The highest BCUT2D eigenvalue weighted by molar-refractivity contribution is 6.29. The SMILES string of the molecule is O=C(C[C@H]1C[C@@H]2CC[C@H]1O2)Nc1nc2ccc(Cl)nc2n1C1CCC1. The van der Waals surface area contributed by atoms with Crippen LogP contribution in [-0.4, -0.2) is 32.7 Å². The Bertz CT molecular complexity index is 832. The second-order valence-corrected chi connectivity index (χ2v) is 7.88. The number of hydrogen-bond acceptors (Lipinski definition) is 4. The van der Waals surface area contributed by atoms with E-state index in [0.717, 1.165) is 43.3 Å². The molecule has 3 fully saturated rings. The first-order valence-electron chi connectivity index (χ1n) is 9.17. The molecule has 2 bridgehead atoms. The maximum absolute atomic E-state index is 12.6. The van der Waals surface area contributed by atoms with Crippen molar-refractivity contribution in [2.24, 2.45) is 5.92 Å². The van der Waals surface area contributed by atoms with Crippen LogP contribution in [0.5, 0.6) is 0 Å². The lowest BCUT2D eigenvalue weighted by Gasteiger charge is -2.28. The Balaban J connectivity index is 1.39. The standard InChI is InChI=1S/C18H21ClN4O2/c19-15-7-5-13-17(21-15)23(11-2-1-3-11)18(20-13)22-16(24)9-10-8-12-4-6-14(10)25-12/h5,7,10-12,14H,1-4,6,8-9H2,(H,20,22,24)/t10-,12+,14-/m1/s1. The molecule has 2 aliphatic heterocycles. The summed E-state index contributed by atoms with van der Waals surface area (Å²) in [7, 11) is 0. The molecule has 1 aliphatic carbocycles. The molecule has 0 radical (unpaired) electrons. The summed E-state index contributed by atoms with van der Waals surface area (Å²) in [6, 6.07) is 3.94. The molecule has 4 heterocycles. The van der Waals surface area contributed by atoms with Gasteiger partial charge in [-0.25, -0.2) is 9.97 Å². The van der Waals surface area contributed by atoms with Gasteiger partial charge in [0.2, 0.25) is 11.9 Å². The molecule has 0 aromatic carbocycles. The van der Waals surface area contributed by atoms with E-state index >= 15 is 0 Å². The first-order chi connectivity index (χ1) is 12.2. The first kappa shape index (κ1) is 15.6. The molecule has 132 valence electrons. The summed E-state index contributed by atoms with van der Waals surface area (Å²) in [6.07, 6.45) is 7.75. The van der Waals surface area contributed by atoms with Gasteiger partial charge in [-0.15, -0.1) is 0 Å². The summed E-state index contributed by atoms with van der Waals surface area (Å²) in [6.45, 7) is 0. The molecule has 0 unspecified atom stereocenters. The summed E-state index contributed by atoms with van der Waals surface area (Å²) in [4.78, 5) is 21.6. The van der Waals surface area contributed by atoms with Crippen molar-refractivity contribution in [3.63, 3.8) is 0 Å². The van der Waals surface area contributed by atoms with Crippen molar-refractivity contribution in [1.29, 1.82) is 0 Å². The Hall–Kier alpha value is -1.66. The Kier molecular flexibility index (Phi) is 3.71. The van der Waals surface area contributed by atoms with Crippen LogP contribution in [0.4, 0.5) is 5.95 Å². The van der Waals surface area contributed by atoms with E-state index in [2.05, 4.69) is 19.9 Å². The van der Waals surface area contributed by atoms with E-state index in [0.29, 0.717) is 35.6 Å². The molecular weight excluding hydrogens is 340 g/mol. The third-order valence-corrected chi connectivity index (χ3v) is 6.08. The molecule has 25 heavy (non-hydrogen) atoms. The van der Waals surface area contributed by atoms with Gasteiger partial charge < -0.3 is 4.74 Å². The van der Waals surface area contributed by atoms with Crippen LogP contribution in [0.25, 0.3) is 11.2 Å². The fourth-order valence-corrected chi connectivity index (χ4v) is 4.54. The maximum Gasteiger partial charge on any atom is 0.227 e. The van der Waals surface area contributed by atoms with Crippen LogP contribution in [0.15, 0.2) is 12.1 Å². The lowest BCUT2D eigenvalue weighted by atomic mass is 9.87.